The number of likely N-dealkylation sites (tertiary alicyclic amines) is 1. The molecule has 2 aliphatic rings. The number of thioether (sulfide) groups is 1. The number of carboxylic acid groups (broad SMARTS) is 2. The lowest BCUT2D eigenvalue weighted by Crippen LogP contribution is -2.46. The van der Waals surface area contributed by atoms with E-state index in [0.717, 1.165) is 52.0 Å². The lowest BCUT2D eigenvalue weighted by Gasteiger charge is -2.36. The Morgan fingerprint density at radius 2 is 1.64 bits per heavy atom. The van der Waals surface area contributed by atoms with Crippen molar-refractivity contribution < 1.29 is 24.6 Å². The molecule has 7 nitrogen and oxygen atoms in total. The van der Waals surface area contributed by atoms with E-state index in [1.54, 1.807) is 11.8 Å². The second kappa shape index (κ2) is 11.9. The fourth-order valence-electron chi connectivity index (χ4n) is 4.33. The van der Waals surface area contributed by atoms with Crippen LogP contribution in [-0.2, 0) is 33.9 Å². The van der Waals surface area contributed by atoms with Crippen LogP contribution < -0.4 is 0 Å². The van der Waals surface area contributed by atoms with E-state index in [-0.39, 0.29) is 5.92 Å². The van der Waals surface area contributed by atoms with Gasteiger partial charge in [0.25, 0.3) is 0 Å². The molecule has 1 atom stereocenters. The summed E-state index contributed by atoms with van der Waals surface area (Å²) in [5.74, 6) is -3.15. The first-order chi connectivity index (χ1) is 15.9. The van der Waals surface area contributed by atoms with Gasteiger partial charge in [0.15, 0.2) is 0 Å². The molecule has 2 aliphatic heterocycles. The highest BCUT2D eigenvalue weighted by atomic mass is 32.2. The van der Waals surface area contributed by atoms with Gasteiger partial charge in [0, 0.05) is 31.1 Å². The Balaban J connectivity index is 0.000000454. The maximum absolute atomic E-state index is 13.1. The summed E-state index contributed by atoms with van der Waals surface area (Å²) in [6.07, 6.45) is 5.23. The monoisotopic (exact) mass is 470 g/mol. The van der Waals surface area contributed by atoms with E-state index in [4.69, 9.17) is 19.8 Å². The summed E-state index contributed by atoms with van der Waals surface area (Å²) < 4.78 is 0. The van der Waals surface area contributed by atoms with Gasteiger partial charge in [-0.3, -0.25) is 9.69 Å². The van der Waals surface area contributed by atoms with Crippen LogP contribution in [0.2, 0.25) is 0 Å². The summed E-state index contributed by atoms with van der Waals surface area (Å²) in [5.41, 5.74) is 4.06. The van der Waals surface area contributed by atoms with E-state index >= 15 is 0 Å². The minimum absolute atomic E-state index is 0.148. The Bertz CT molecular complexity index is 967. The lowest BCUT2D eigenvalue weighted by molar-refractivity contribution is -0.159. The van der Waals surface area contributed by atoms with Crippen LogP contribution in [0.3, 0.4) is 0 Å². The summed E-state index contributed by atoms with van der Waals surface area (Å²) in [6.45, 7) is 4.57. The first kappa shape index (κ1) is 24.8. The number of fused-ring (bicyclic) bond motifs is 1. The molecule has 1 amide bonds. The fourth-order valence-corrected chi connectivity index (χ4v) is 4.74. The van der Waals surface area contributed by atoms with Gasteiger partial charge in [-0.2, -0.15) is 0 Å². The highest BCUT2D eigenvalue weighted by Crippen LogP contribution is 2.25. The summed E-state index contributed by atoms with van der Waals surface area (Å²) >= 11 is 1.78. The van der Waals surface area contributed by atoms with Crippen molar-refractivity contribution in [3.63, 3.8) is 0 Å². The van der Waals surface area contributed by atoms with E-state index in [1.165, 1.54) is 21.6 Å². The second-order valence-corrected chi connectivity index (χ2v) is 9.19. The standard InChI is InChI=1S/C23H28N2OS.C2H2O4/c1-27-22-10-8-18(9-11-22)15-24-13-4-7-21(16-24)23(26)25-14-12-19-5-2-3-6-20(19)17-25;3-1(4)2(5)6/h2-3,5-6,8-11,21H,4,7,12-17H2,1H3;(H,3,4)(H,5,6). The number of aliphatic carboxylic acids is 2. The number of benzene rings is 2. The van der Waals surface area contributed by atoms with Crippen LogP contribution >= 0.6 is 11.8 Å². The van der Waals surface area contributed by atoms with Gasteiger partial charge in [-0.1, -0.05) is 36.4 Å². The topological polar surface area (TPSA) is 98.2 Å². The molecule has 0 aliphatic carbocycles. The van der Waals surface area contributed by atoms with E-state index in [2.05, 4.69) is 64.6 Å². The van der Waals surface area contributed by atoms with Crippen LogP contribution in [0.4, 0.5) is 0 Å². The predicted octanol–water partition coefficient (Wildman–Crippen LogP) is 3.36. The van der Waals surface area contributed by atoms with Crippen molar-refractivity contribution in [1.82, 2.24) is 9.80 Å². The predicted molar refractivity (Wildman–Crippen MR) is 127 cm³/mol. The third-order valence-electron chi connectivity index (χ3n) is 6.05. The van der Waals surface area contributed by atoms with E-state index < -0.39 is 11.9 Å². The summed E-state index contributed by atoms with van der Waals surface area (Å²) in [4.78, 5) is 37.2. The van der Waals surface area contributed by atoms with Crippen LogP contribution in [0.5, 0.6) is 0 Å². The molecular weight excluding hydrogens is 440 g/mol. The lowest BCUT2D eigenvalue weighted by atomic mass is 9.93. The maximum atomic E-state index is 13.1. The number of amides is 1. The van der Waals surface area contributed by atoms with Crippen molar-refractivity contribution in [1.29, 1.82) is 0 Å². The molecule has 8 heteroatoms. The number of piperidine rings is 1. The Morgan fingerprint density at radius 3 is 2.27 bits per heavy atom. The van der Waals surface area contributed by atoms with Crippen LogP contribution in [0, 0.1) is 5.92 Å². The minimum Gasteiger partial charge on any atom is -0.473 e. The molecule has 2 aromatic carbocycles. The number of carbonyl (C=O) groups is 3. The van der Waals surface area contributed by atoms with Gasteiger partial charge >= 0.3 is 11.9 Å². The van der Waals surface area contributed by atoms with Crippen molar-refractivity contribution in [2.45, 2.75) is 37.2 Å². The molecular formula is C25H30N2O5S. The van der Waals surface area contributed by atoms with Crippen molar-refractivity contribution >= 4 is 29.6 Å². The van der Waals surface area contributed by atoms with Crippen molar-refractivity contribution in [3.8, 4) is 0 Å². The molecule has 1 fully saturated rings. The van der Waals surface area contributed by atoms with E-state index in [9.17, 15) is 4.79 Å². The van der Waals surface area contributed by atoms with Crippen LogP contribution in [0.25, 0.3) is 0 Å². The number of carbonyl (C=O) groups excluding carboxylic acids is 1. The number of hydrogen-bond acceptors (Lipinski definition) is 5. The van der Waals surface area contributed by atoms with Gasteiger partial charge in [0.1, 0.15) is 0 Å². The maximum Gasteiger partial charge on any atom is 0.414 e. The first-order valence-electron chi connectivity index (χ1n) is 11.0. The van der Waals surface area contributed by atoms with Gasteiger partial charge in [0.05, 0.1) is 5.92 Å². The summed E-state index contributed by atoms with van der Waals surface area (Å²) in [6, 6.07) is 17.4. The zero-order valence-corrected chi connectivity index (χ0v) is 19.6. The molecule has 4 rings (SSSR count). The van der Waals surface area contributed by atoms with Gasteiger partial charge in [0.2, 0.25) is 5.91 Å². The molecule has 0 radical (unpaired) electrons. The molecule has 0 spiro atoms. The van der Waals surface area contributed by atoms with Crippen molar-refractivity contribution in [2.75, 3.05) is 25.9 Å². The fraction of sp³-hybridized carbons (Fsp3) is 0.400. The Morgan fingerprint density at radius 1 is 0.970 bits per heavy atom. The largest absolute Gasteiger partial charge is 0.473 e. The Hall–Kier alpha value is -2.84. The molecule has 2 heterocycles. The normalized spacial score (nSPS) is 18.0. The van der Waals surface area contributed by atoms with Crippen LogP contribution in [-0.4, -0.2) is 63.7 Å². The number of hydrogen-bond donors (Lipinski definition) is 2. The highest BCUT2D eigenvalue weighted by molar-refractivity contribution is 7.98. The summed E-state index contributed by atoms with van der Waals surface area (Å²) in [7, 11) is 0. The van der Waals surface area contributed by atoms with Crippen LogP contribution in [0.15, 0.2) is 53.4 Å². The number of rotatable bonds is 4. The quantitative estimate of drug-likeness (QED) is 0.522. The van der Waals surface area contributed by atoms with Gasteiger partial charge < -0.3 is 15.1 Å². The molecule has 0 aromatic heterocycles. The average molecular weight is 471 g/mol. The molecule has 2 aromatic rings. The highest BCUT2D eigenvalue weighted by Gasteiger charge is 2.30. The van der Waals surface area contributed by atoms with Gasteiger partial charge in [-0.15, -0.1) is 11.8 Å². The summed E-state index contributed by atoms with van der Waals surface area (Å²) in [5, 5.41) is 14.8. The zero-order valence-electron chi connectivity index (χ0n) is 18.8. The third kappa shape index (κ3) is 7.07. The van der Waals surface area contributed by atoms with Gasteiger partial charge in [-0.25, -0.2) is 9.59 Å². The molecule has 33 heavy (non-hydrogen) atoms. The molecule has 1 unspecified atom stereocenters. The average Bonchev–Trinajstić information content (AvgIpc) is 2.84. The Labute approximate surface area is 198 Å². The van der Waals surface area contributed by atoms with E-state index in [0.29, 0.717) is 5.91 Å². The SMILES string of the molecule is CSc1ccc(CN2CCCC(C(=O)N3CCc4ccccc4C3)C2)cc1.O=C(O)C(=O)O. The molecule has 176 valence electrons. The molecule has 1 saturated heterocycles. The number of nitrogens with zero attached hydrogens (tertiary/aromatic N) is 2. The van der Waals surface area contributed by atoms with Crippen molar-refractivity contribution in [3.05, 3.63) is 65.2 Å². The molecule has 2 N–H and O–H groups in total. The smallest absolute Gasteiger partial charge is 0.414 e. The molecule has 0 saturated carbocycles. The van der Waals surface area contributed by atoms with Crippen LogP contribution in [0.1, 0.15) is 29.5 Å². The van der Waals surface area contributed by atoms with Crippen molar-refractivity contribution in [2.24, 2.45) is 5.92 Å². The first-order valence-corrected chi connectivity index (χ1v) is 12.3. The second-order valence-electron chi connectivity index (χ2n) is 8.31. The third-order valence-corrected chi connectivity index (χ3v) is 6.79. The zero-order chi connectivity index (χ0) is 23.8. The van der Waals surface area contributed by atoms with E-state index in [1.807, 2.05) is 0 Å². The molecule has 0 bridgehead atoms. The minimum atomic E-state index is -1.82. The Kier molecular flexibility index (Phi) is 8.91. The van der Waals surface area contributed by atoms with Gasteiger partial charge in [-0.05, 0) is 60.9 Å². The number of carboxylic acids is 2.